The largest absolute Gasteiger partial charge is 0.466 e. The van der Waals surface area contributed by atoms with Crippen molar-refractivity contribution in [3.05, 3.63) is 23.5 Å². The molecule has 2 aromatic rings. The number of carbonyl (C=O) groups is 1. The number of hydrogen-bond donors (Lipinski definition) is 0. The van der Waals surface area contributed by atoms with Gasteiger partial charge in [-0.05, 0) is 13.0 Å². The summed E-state index contributed by atoms with van der Waals surface area (Å²) in [6, 6.07) is 1.89. The van der Waals surface area contributed by atoms with Crippen molar-refractivity contribution in [3.63, 3.8) is 0 Å². The lowest BCUT2D eigenvalue weighted by atomic mass is 10.4. The summed E-state index contributed by atoms with van der Waals surface area (Å²) in [5.74, 6) is -0.232. The van der Waals surface area contributed by atoms with E-state index in [1.54, 1.807) is 19.3 Å². The minimum Gasteiger partial charge on any atom is -0.466 e. The van der Waals surface area contributed by atoms with Gasteiger partial charge in [-0.1, -0.05) is 0 Å². The average molecular weight is 222 g/mol. The molecule has 0 N–H and O–H groups in total. The van der Waals surface area contributed by atoms with Gasteiger partial charge in [0.05, 0.1) is 29.4 Å². The highest BCUT2D eigenvalue weighted by atomic mass is 32.1. The van der Waals surface area contributed by atoms with E-state index in [9.17, 15) is 4.79 Å². The van der Waals surface area contributed by atoms with Gasteiger partial charge in [-0.3, -0.25) is 9.78 Å². The summed E-state index contributed by atoms with van der Waals surface area (Å²) in [5, 5.41) is 0.774. The molecule has 0 bridgehead atoms. The maximum absolute atomic E-state index is 11.2. The lowest BCUT2D eigenvalue weighted by molar-refractivity contribution is -0.142. The van der Waals surface area contributed by atoms with Crippen LogP contribution in [0.25, 0.3) is 10.2 Å². The molecule has 0 aliphatic heterocycles. The second kappa shape index (κ2) is 4.35. The third-order valence-corrected chi connectivity index (χ3v) is 2.87. The third kappa shape index (κ3) is 2.30. The third-order valence-electron chi connectivity index (χ3n) is 1.84. The van der Waals surface area contributed by atoms with Crippen LogP contribution in [0.15, 0.2) is 18.5 Å². The Bertz CT molecular complexity index is 448. The molecule has 2 aromatic heterocycles. The number of pyridine rings is 1. The van der Waals surface area contributed by atoms with Gasteiger partial charge >= 0.3 is 5.97 Å². The van der Waals surface area contributed by atoms with E-state index in [4.69, 9.17) is 4.74 Å². The first-order valence-electron chi connectivity index (χ1n) is 4.64. The van der Waals surface area contributed by atoms with Crippen molar-refractivity contribution in [2.45, 2.75) is 13.3 Å². The number of ether oxygens (including phenoxy) is 1. The fraction of sp³-hybridized carbons (Fsp3) is 0.300. The molecular formula is C10H10N2O2S. The Balaban J connectivity index is 2.18. The second-order valence-electron chi connectivity index (χ2n) is 2.93. The highest BCUT2D eigenvalue weighted by molar-refractivity contribution is 7.18. The Hall–Kier alpha value is -1.49. The van der Waals surface area contributed by atoms with Crippen molar-refractivity contribution in [2.75, 3.05) is 6.61 Å². The van der Waals surface area contributed by atoms with Crippen LogP contribution in [0.4, 0.5) is 0 Å². The maximum Gasteiger partial charge on any atom is 0.312 e. The van der Waals surface area contributed by atoms with E-state index in [0.717, 1.165) is 15.2 Å². The molecule has 5 heteroatoms. The number of thiazole rings is 1. The molecule has 0 aromatic carbocycles. The van der Waals surface area contributed by atoms with Gasteiger partial charge in [0.1, 0.15) is 5.01 Å². The molecule has 15 heavy (non-hydrogen) atoms. The zero-order valence-electron chi connectivity index (χ0n) is 8.27. The molecule has 0 aliphatic carbocycles. The van der Waals surface area contributed by atoms with Crippen molar-refractivity contribution >= 4 is 27.5 Å². The molecule has 0 atom stereocenters. The molecule has 0 saturated heterocycles. The van der Waals surface area contributed by atoms with Gasteiger partial charge in [-0.15, -0.1) is 11.3 Å². The van der Waals surface area contributed by atoms with E-state index >= 15 is 0 Å². The fourth-order valence-corrected chi connectivity index (χ4v) is 2.16. The van der Waals surface area contributed by atoms with E-state index in [1.807, 2.05) is 6.07 Å². The smallest absolute Gasteiger partial charge is 0.312 e. The topological polar surface area (TPSA) is 52.1 Å². The summed E-state index contributed by atoms with van der Waals surface area (Å²) in [4.78, 5) is 19.5. The summed E-state index contributed by atoms with van der Waals surface area (Å²) < 4.78 is 5.90. The minimum atomic E-state index is -0.232. The average Bonchev–Trinajstić information content (AvgIpc) is 2.59. The van der Waals surface area contributed by atoms with Crippen LogP contribution in [0.3, 0.4) is 0 Å². The van der Waals surface area contributed by atoms with Crippen LogP contribution < -0.4 is 0 Å². The summed E-state index contributed by atoms with van der Waals surface area (Å²) in [6.07, 6.45) is 3.66. The summed E-state index contributed by atoms with van der Waals surface area (Å²) in [6.45, 7) is 2.20. The Labute approximate surface area is 90.9 Å². The SMILES string of the molecule is CCOC(=O)Cc1nc2cnccc2s1. The zero-order chi connectivity index (χ0) is 10.7. The second-order valence-corrected chi connectivity index (χ2v) is 4.05. The number of hydrogen-bond acceptors (Lipinski definition) is 5. The molecule has 4 nitrogen and oxygen atoms in total. The molecule has 0 spiro atoms. The number of rotatable bonds is 3. The van der Waals surface area contributed by atoms with Crippen LogP contribution in [0, 0.1) is 0 Å². The molecule has 2 heterocycles. The standard InChI is InChI=1S/C10H10N2O2S/c1-2-14-10(13)5-9-12-7-6-11-4-3-8(7)15-9/h3-4,6H,2,5H2,1H3. The lowest BCUT2D eigenvalue weighted by Gasteiger charge is -1.97. The van der Waals surface area contributed by atoms with Crippen molar-refractivity contribution < 1.29 is 9.53 Å². The van der Waals surface area contributed by atoms with E-state index in [-0.39, 0.29) is 12.4 Å². The van der Waals surface area contributed by atoms with E-state index in [0.29, 0.717) is 6.61 Å². The summed E-state index contributed by atoms with van der Waals surface area (Å²) >= 11 is 1.50. The van der Waals surface area contributed by atoms with Gasteiger partial charge in [0.25, 0.3) is 0 Å². The van der Waals surface area contributed by atoms with Gasteiger partial charge in [0, 0.05) is 6.20 Å². The van der Waals surface area contributed by atoms with Crippen LogP contribution >= 0.6 is 11.3 Å². The minimum absolute atomic E-state index is 0.232. The number of fused-ring (bicyclic) bond motifs is 1. The van der Waals surface area contributed by atoms with Crippen molar-refractivity contribution in [1.29, 1.82) is 0 Å². The Morgan fingerprint density at radius 1 is 1.60 bits per heavy atom. The molecule has 0 fully saturated rings. The zero-order valence-corrected chi connectivity index (χ0v) is 9.08. The first kappa shape index (κ1) is 10.0. The molecular weight excluding hydrogens is 212 g/mol. The van der Waals surface area contributed by atoms with Crippen LogP contribution in [-0.2, 0) is 16.0 Å². The first-order chi connectivity index (χ1) is 7.29. The van der Waals surface area contributed by atoms with Crippen LogP contribution in [0.1, 0.15) is 11.9 Å². The Morgan fingerprint density at radius 2 is 2.47 bits per heavy atom. The fourth-order valence-electron chi connectivity index (χ4n) is 1.24. The monoisotopic (exact) mass is 222 g/mol. The Kier molecular flexibility index (Phi) is 2.91. The van der Waals surface area contributed by atoms with Crippen molar-refractivity contribution in [1.82, 2.24) is 9.97 Å². The van der Waals surface area contributed by atoms with Gasteiger partial charge in [0.15, 0.2) is 0 Å². The molecule has 78 valence electrons. The van der Waals surface area contributed by atoms with Crippen molar-refractivity contribution in [3.8, 4) is 0 Å². The summed E-state index contributed by atoms with van der Waals surface area (Å²) in [5.41, 5.74) is 0.835. The number of aromatic nitrogens is 2. The van der Waals surface area contributed by atoms with Gasteiger partial charge in [-0.25, -0.2) is 4.98 Å². The quantitative estimate of drug-likeness (QED) is 0.743. The van der Waals surface area contributed by atoms with Crippen molar-refractivity contribution in [2.24, 2.45) is 0 Å². The molecule has 2 rings (SSSR count). The molecule has 0 amide bonds. The first-order valence-corrected chi connectivity index (χ1v) is 5.46. The number of nitrogens with zero attached hydrogens (tertiary/aromatic N) is 2. The van der Waals surface area contributed by atoms with Gasteiger partial charge in [-0.2, -0.15) is 0 Å². The predicted octanol–water partition coefficient (Wildman–Crippen LogP) is 1.80. The number of esters is 1. The van der Waals surface area contributed by atoms with E-state index in [2.05, 4.69) is 9.97 Å². The summed E-state index contributed by atoms with van der Waals surface area (Å²) in [7, 11) is 0. The number of carbonyl (C=O) groups excluding carboxylic acids is 1. The van der Waals surface area contributed by atoms with Crippen LogP contribution in [-0.4, -0.2) is 22.5 Å². The Morgan fingerprint density at radius 3 is 3.20 bits per heavy atom. The predicted molar refractivity (Wildman–Crippen MR) is 57.8 cm³/mol. The normalized spacial score (nSPS) is 10.5. The molecule has 0 radical (unpaired) electrons. The molecule has 0 unspecified atom stereocenters. The lowest BCUT2D eigenvalue weighted by Crippen LogP contribution is -2.06. The van der Waals surface area contributed by atoms with Gasteiger partial charge < -0.3 is 4.74 Å². The highest BCUT2D eigenvalue weighted by Gasteiger charge is 2.09. The highest BCUT2D eigenvalue weighted by Crippen LogP contribution is 2.20. The molecule has 0 saturated carbocycles. The van der Waals surface area contributed by atoms with Crippen LogP contribution in [0.2, 0.25) is 0 Å². The van der Waals surface area contributed by atoms with E-state index < -0.39 is 0 Å². The van der Waals surface area contributed by atoms with Gasteiger partial charge in [0.2, 0.25) is 0 Å². The van der Waals surface area contributed by atoms with Crippen LogP contribution in [0.5, 0.6) is 0 Å². The maximum atomic E-state index is 11.2. The van der Waals surface area contributed by atoms with E-state index in [1.165, 1.54) is 11.3 Å². The molecule has 0 aliphatic rings.